The Bertz CT molecular complexity index is 609. The van der Waals surface area contributed by atoms with Crippen molar-refractivity contribution in [3.05, 3.63) is 30.5 Å². The van der Waals surface area contributed by atoms with Gasteiger partial charge < -0.3 is 15.2 Å². The molecule has 0 unspecified atom stereocenters. The van der Waals surface area contributed by atoms with E-state index in [4.69, 9.17) is 0 Å². The van der Waals surface area contributed by atoms with Gasteiger partial charge in [-0.2, -0.15) is 0 Å². The number of nitrogens with zero attached hydrogens (tertiary/aromatic N) is 1. The van der Waals surface area contributed by atoms with E-state index in [1.165, 1.54) is 6.42 Å². The van der Waals surface area contributed by atoms with Crippen molar-refractivity contribution in [2.24, 2.45) is 11.8 Å². The van der Waals surface area contributed by atoms with Gasteiger partial charge in [0.15, 0.2) is 0 Å². The Morgan fingerprint density at radius 3 is 2.70 bits per heavy atom. The molecule has 1 fully saturated rings. The summed E-state index contributed by atoms with van der Waals surface area (Å²) in [7, 11) is 0. The number of para-hydroxylation sites is 1. The van der Waals surface area contributed by atoms with Crippen LogP contribution < -0.4 is 5.32 Å². The van der Waals surface area contributed by atoms with Gasteiger partial charge in [-0.25, -0.2) is 4.79 Å². The number of aromatic nitrogens is 1. The molecular weight excluding hydrogens is 250 g/mol. The molecule has 1 saturated heterocycles. The van der Waals surface area contributed by atoms with E-state index in [-0.39, 0.29) is 6.03 Å². The quantitative estimate of drug-likeness (QED) is 0.816. The van der Waals surface area contributed by atoms with Gasteiger partial charge in [-0.15, -0.1) is 0 Å². The number of urea groups is 1. The highest BCUT2D eigenvalue weighted by Gasteiger charge is 2.25. The molecule has 2 atom stereocenters. The topological polar surface area (TPSA) is 48.1 Å². The lowest BCUT2D eigenvalue weighted by Gasteiger charge is -2.34. The first-order valence-corrected chi connectivity index (χ1v) is 7.25. The fourth-order valence-electron chi connectivity index (χ4n) is 3.20. The van der Waals surface area contributed by atoms with Gasteiger partial charge in [-0.05, 0) is 24.3 Å². The fourth-order valence-corrected chi connectivity index (χ4v) is 3.20. The van der Waals surface area contributed by atoms with Crippen LogP contribution in [-0.4, -0.2) is 29.0 Å². The highest BCUT2D eigenvalue weighted by molar-refractivity contribution is 6.00. The number of hydrogen-bond acceptors (Lipinski definition) is 1. The zero-order valence-corrected chi connectivity index (χ0v) is 12.0. The molecule has 20 heavy (non-hydrogen) atoms. The van der Waals surface area contributed by atoms with Crippen molar-refractivity contribution >= 4 is 22.6 Å². The maximum atomic E-state index is 12.4. The summed E-state index contributed by atoms with van der Waals surface area (Å²) in [6.45, 7) is 6.11. The van der Waals surface area contributed by atoms with Gasteiger partial charge in [0.1, 0.15) is 0 Å². The van der Waals surface area contributed by atoms with E-state index in [2.05, 4.69) is 24.1 Å². The van der Waals surface area contributed by atoms with Crippen molar-refractivity contribution < 1.29 is 4.79 Å². The predicted octanol–water partition coefficient (Wildman–Crippen LogP) is 3.68. The maximum Gasteiger partial charge on any atom is 0.321 e. The summed E-state index contributed by atoms with van der Waals surface area (Å²) in [5.74, 6) is 1.15. The molecule has 1 aromatic carbocycles. The van der Waals surface area contributed by atoms with Crippen LogP contribution in [0.25, 0.3) is 10.9 Å². The Morgan fingerprint density at radius 1 is 1.25 bits per heavy atom. The first-order valence-electron chi connectivity index (χ1n) is 7.25. The summed E-state index contributed by atoms with van der Waals surface area (Å²) in [5, 5.41) is 4.09. The lowest BCUT2D eigenvalue weighted by Crippen LogP contribution is -2.44. The minimum atomic E-state index is 0.00755. The Hall–Kier alpha value is -1.97. The third-order valence-corrected chi connectivity index (χ3v) is 3.99. The van der Waals surface area contributed by atoms with Crippen molar-refractivity contribution in [2.45, 2.75) is 20.3 Å². The molecule has 1 aliphatic heterocycles. The smallest absolute Gasteiger partial charge is 0.321 e. The largest absolute Gasteiger partial charge is 0.359 e. The average Bonchev–Trinajstić information content (AvgIpc) is 2.81. The molecule has 4 nitrogen and oxygen atoms in total. The lowest BCUT2D eigenvalue weighted by molar-refractivity contribution is 0.156. The average molecular weight is 271 g/mol. The molecule has 106 valence electrons. The number of benzene rings is 1. The molecule has 2 N–H and O–H groups in total. The zero-order valence-electron chi connectivity index (χ0n) is 12.0. The molecule has 4 heteroatoms. The molecule has 2 aromatic rings. The van der Waals surface area contributed by atoms with Gasteiger partial charge >= 0.3 is 6.03 Å². The standard InChI is InChI=1S/C16H21N3O/c1-11-7-12(2)10-19(9-11)16(20)18-15-8-17-14-6-4-3-5-13(14)15/h3-6,8,11-12,17H,7,9-10H2,1-2H3,(H,18,20)/t11-,12-/m1/s1. The Balaban J connectivity index is 1.75. The number of piperidine rings is 1. The van der Waals surface area contributed by atoms with E-state index in [0.29, 0.717) is 11.8 Å². The molecule has 2 heterocycles. The molecule has 0 radical (unpaired) electrons. The summed E-state index contributed by atoms with van der Waals surface area (Å²) < 4.78 is 0. The van der Waals surface area contributed by atoms with Crippen LogP contribution in [0.5, 0.6) is 0 Å². The highest BCUT2D eigenvalue weighted by Crippen LogP contribution is 2.25. The Labute approximate surface area is 119 Å². The van der Waals surface area contributed by atoms with Crippen LogP contribution in [0, 0.1) is 11.8 Å². The minimum Gasteiger partial charge on any atom is -0.359 e. The number of carbonyl (C=O) groups excluding carboxylic acids is 1. The molecule has 1 aliphatic rings. The minimum absolute atomic E-state index is 0.00755. The van der Waals surface area contributed by atoms with Crippen LogP contribution >= 0.6 is 0 Å². The third kappa shape index (κ3) is 2.50. The number of fused-ring (bicyclic) bond motifs is 1. The number of H-pyrrole nitrogens is 1. The molecule has 3 rings (SSSR count). The molecule has 2 amide bonds. The fraction of sp³-hybridized carbons (Fsp3) is 0.438. The van der Waals surface area contributed by atoms with E-state index < -0.39 is 0 Å². The summed E-state index contributed by atoms with van der Waals surface area (Å²) in [5.41, 5.74) is 1.90. The Kier molecular flexibility index (Phi) is 3.38. The van der Waals surface area contributed by atoms with E-state index in [1.54, 1.807) is 0 Å². The van der Waals surface area contributed by atoms with Crippen LogP contribution in [0.3, 0.4) is 0 Å². The van der Waals surface area contributed by atoms with E-state index >= 15 is 0 Å². The molecule has 1 aromatic heterocycles. The second-order valence-electron chi connectivity index (χ2n) is 6.03. The molecular formula is C16H21N3O. The number of amides is 2. The van der Waals surface area contributed by atoms with Crippen LogP contribution in [-0.2, 0) is 0 Å². The van der Waals surface area contributed by atoms with E-state index in [1.807, 2.05) is 35.4 Å². The van der Waals surface area contributed by atoms with Crippen LogP contribution in [0.4, 0.5) is 10.5 Å². The zero-order chi connectivity index (χ0) is 14.1. The summed E-state index contributed by atoms with van der Waals surface area (Å²) in [4.78, 5) is 17.5. The number of carbonyl (C=O) groups is 1. The monoisotopic (exact) mass is 271 g/mol. The number of rotatable bonds is 1. The lowest BCUT2D eigenvalue weighted by atomic mass is 9.92. The first-order chi connectivity index (χ1) is 9.63. The van der Waals surface area contributed by atoms with Crippen molar-refractivity contribution in [1.29, 1.82) is 0 Å². The van der Waals surface area contributed by atoms with Crippen molar-refractivity contribution in [2.75, 3.05) is 18.4 Å². The summed E-state index contributed by atoms with van der Waals surface area (Å²) in [6.07, 6.45) is 3.07. The van der Waals surface area contributed by atoms with Gasteiger partial charge in [0.05, 0.1) is 5.69 Å². The number of nitrogens with one attached hydrogen (secondary N) is 2. The second kappa shape index (κ2) is 5.19. The number of aromatic amines is 1. The van der Waals surface area contributed by atoms with Crippen LogP contribution in [0.15, 0.2) is 30.5 Å². The maximum absolute atomic E-state index is 12.4. The SMILES string of the molecule is C[C@@H]1C[C@@H](C)CN(C(=O)Nc2c[nH]c3ccccc23)C1. The van der Waals surface area contributed by atoms with E-state index in [9.17, 15) is 4.79 Å². The van der Waals surface area contributed by atoms with Gasteiger partial charge in [-0.1, -0.05) is 32.0 Å². The second-order valence-corrected chi connectivity index (χ2v) is 6.03. The molecule has 0 aliphatic carbocycles. The number of hydrogen-bond donors (Lipinski definition) is 2. The number of anilines is 1. The van der Waals surface area contributed by atoms with Gasteiger partial charge in [0.25, 0.3) is 0 Å². The Morgan fingerprint density at radius 2 is 1.95 bits per heavy atom. The van der Waals surface area contributed by atoms with Gasteiger partial charge in [0, 0.05) is 30.2 Å². The first kappa shape index (κ1) is 13.0. The molecule has 0 spiro atoms. The van der Waals surface area contributed by atoms with Crippen molar-refractivity contribution in [3.8, 4) is 0 Å². The van der Waals surface area contributed by atoms with Gasteiger partial charge in [-0.3, -0.25) is 0 Å². The normalized spacial score (nSPS) is 23.0. The van der Waals surface area contributed by atoms with E-state index in [0.717, 1.165) is 29.7 Å². The van der Waals surface area contributed by atoms with Crippen LogP contribution in [0.1, 0.15) is 20.3 Å². The predicted molar refractivity (Wildman–Crippen MR) is 81.8 cm³/mol. The van der Waals surface area contributed by atoms with Crippen LogP contribution in [0.2, 0.25) is 0 Å². The highest BCUT2D eigenvalue weighted by atomic mass is 16.2. The van der Waals surface area contributed by atoms with Crippen molar-refractivity contribution in [3.63, 3.8) is 0 Å². The number of likely N-dealkylation sites (tertiary alicyclic amines) is 1. The van der Waals surface area contributed by atoms with Crippen molar-refractivity contribution in [1.82, 2.24) is 9.88 Å². The van der Waals surface area contributed by atoms with Gasteiger partial charge in [0.2, 0.25) is 0 Å². The molecule has 0 saturated carbocycles. The summed E-state index contributed by atoms with van der Waals surface area (Å²) >= 11 is 0. The molecule has 0 bridgehead atoms. The summed E-state index contributed by atoms with van der Waals surface area (Å²) in [6, 6.07) is 8.00. The third-order valence-electron chi connectivity index (χ3n) is 3.99.